The number of carbonyl (C=O) groups is 1. The van der Waals surface area contributed by atoms with E-state index in [4.69, 9.17) is 9.26 Å². The summed E-state index contributed by atoms with van der Waals surface area (Å²) >= 11 is 0. The lowest BCUT2D eigenvalue weighted by molar-refractivity contribution is -0.121. The summed E-state index contributed by atoms with van der Waals surface area (Å²) in [4.78, 5) is 19.6. The molecule has 7 heteroatoms. The van der Waals surface area contributed by atoms with Gasteiger partial charge < -0.3 is 14.6 Å². The van der Waals surface area contributed by atoms with Crippen LogP contribution in [0.5, 0.6) is 5.75 Å². The van der Waals surface area contributed by atoms with E-state index in [0.29, 0.717) is 24.0 Å². The van der Waals surface area contributed by atoms with Crippen LogP contribution in [0.3, 0.4) is 0 Å². The highest BCUT2D eigenvalue weighted by molar-refractivity contribution is 5.94. The second-order valence-corrected chi connectivity index (χ2v) is 8.58. The van der Waals surface area contributed by atoms with E-state index in [1.807, 2.05) is 69.3 Å². The third-order valence-electron chi connectivity index (χ3n) is 5.60. The summed E-state index contributed by atoms with van der Waals surface area (Å²) < 4.78 is 11.3. The van der Waals surface area contributed by atoms with Crippen molar-refractivity contribution in [2.45, 2.75) is 46.3 Å². The molecule has 2 heterocycles. The average molecular weight is 435 g/mol. The minimum absolute atomic E-state index is 0.0239. The first-order valence-corrected chi connectivity index (χ1v) is 11.2. The zero-order valence-electron chi connectivity index (χ0n) is 18.9. The van der Waals surface area contributed by atoms with Gasteiger partial charge >= 0.3 is 0 Å². The van der Waals surface area contributed by atoms with Crippen molar-refractivity contribution in [1.82, 2.24) is 15.0 Å². The van der Waals surface area contributed by atoms with Gasteiger partial charge in [0, 0.05) is 11.5 Å². The van der Waals surface area contributed by atoms with Crippen LogP contribution in [0.25, 0.3) is 11.4 Å². The van der Waals surface area contributed by atoms with Crippen molar-refractivity contribution in [2.24, 2.45) is 5.92 Å². The number of benzene rings is 2. The Labute approximate surface area is 188 Å². The Morgan fingerprint density at radius 2 is 1.88 bits per heavy atom. The van der Waals surface area contributed by atoms with E-state index in [-0.39, 0.29) is 17.9 Å². The highest BCUT2D eigenvalue weighted by Gasteiger charge is 2.26. The number of amides is 1. The number of anilines is 1. The van der Waals surface area contributed by atoms with Crippen molar-refractivity contribution < 1.29 is 14.1 Å². The van der Waals surface area contributed by atoms with E-state index in [0.717, 1.165) is 37.2 Å². The van der Waals surface area contributed by atoms with Gasteiger partial charge in [0.25, 0.3) is 0 Å². The molecule has 0 spiro atoms. The molecule has 1 aliphatic rings. The Kier molecular flexibility index (Phi) is 6.85. The van der Waals surface area contributed by atoms with E-state index >= 15 is 0 Å². The first kappa shape index (κ1) is 22.0. The molecule has 32 heavy (non-hydrogen) atoms. The molecule has 3 aromatic rings. The second-order valence-electron chi connectivity index (χ2n) is 8.58. The van der Waals surface area contributed by atoms with Gasteiger partial charge in [-0.2, -0.15) is 4.98 Å². The van der Waals surface area contributed by atoms with Gasteiger partial charge in [0.2, 0.25) is 17.6 Å². The second kappa shape index (κ2) is 9.96. The van der Waals surface area contributed by atoms with Gasteiger partial charge in [-0.1, -0.05) is 47.1 Å². The number of ether oxygens (including phenoxy) is 1. The molecule has 7 nitrogen and oxygen atoms in total. The third kappa shape index (κ3) is 5.53. The summed E-state index contributed by atoms with van der Waals surface area (Å²) in [5.74, 6) is 1.93. The van der Waals surface area contributed by atoms with Crippen LogP contribution >= 0.6 is 0 Å². The van der Waals surface area contributed by atoms with Crippen LogP contribution in [-0.2, 0) is 11.3 Å². The van der Waals surface area contributed by atoms with Gasteiger partial charge in [0.05, 0.1) is 18.3 Å². The molecule has 1 saturated heterocycles. The van der Waals surface area contributed by atoms with Gasteiger partial charge in [-0.05, 0) is 58.8 Å². The zero-order chi connectivity index (χ0) is 22.5. The molecular weight excluding hydrogens is 404 g/mol. The van der Waals surface area contributed by atoms with Gasteiger partial charge in [0.1, 0.15) is 5.75 Å². The number of hydrogen-bond donors (Lipinski definition) is 1. The Balaban J connectivity index is 1.29. The number of nitrogens with one attached hydrogen (secondary N) is 1. The maximum Gasteiger partial charge on any atom is 0.241 e. The monoisotopic (exact) mass is 434 g/mol. The fourth-order valence-corrected chi connectivity index (χ4v) is 3.84. The maximum atomic E-state index is 12.8. The van der Waals surface area contributed by atoms with Gasteiger partial charge in [0.15, 0.2) is 0 Å². The number of nitrogens with zero attached hydrogens (tertiary/aromatic N) is 3. The lowest BCUT2D eigenvalue weighted by Gasteiger charge is -2.30. The van der Waals surface area contributed by atoms with Crippen molar-refractivity contribution in [2.75, 3.05) is 18.4 Å². The summed E-state index contributed by atoms with van der Waals surface area (Å²) in [6.45, 7) is 8.21. The van der Waals surface area contributed by atoms with Crippen LogP contribution in [0.2, 0.25) is 0 Å². The van der Waals surface area contributed by atoms with E-state index in [9.17, 15) is 4.79 Å². The van der Waals surface area contributed by atoms with Crippen LogP contribution in [0.1, 0.15) is 38.1 Å². The van der Waals surface area contributed by atoms with Crippen LogP contribution in [0.15, 0.2) is 53.1 Å². The minimum Gasteiger partial charge on any atom is -0.489 e. The largest absolute Gasteiger partial charge is 0.489 e. The molecule has 168 valence electrons. The quantitative estimate of drug-likeness (QED) is 0.581. The summed E-state index contributed by atoms with van der Waals surface area (Å²) in [5.41, 5.74) is 2.87. The number of likely N-dealkylation sites (tertiary alicyclic amines) is 1. The molecule has 1 fully saturated rings. The predicted octanol–water partition coefficient (Wildman–Crippen LogP) is 4.68. The molecule has 1 aliphatic heterocycles. The summed E-state index contributed by atoms with van der Waals surface area (Å²) in [7, 11) is 0. The Hall–Kier alpha value is -3.19. The Bertz CT molecular complexity index is 1040. The molecule has 0 radical (unpaired) electrons. The molecule has 2 aromatic carbocycles. The average Bonchev–Trinajstić information content (AvgIpc) is 3.24. The fourth-order valence-electron chi connectivity index (χ4n) is 3.84. The van der Waals surface area contributed by atoms with Crippen LogP contribution in [0.4, 0.5) is 5.69 Å². The minimum atomic E-state index is -0.0239. The number of carbonyl (C=O) groups excluding carboxylic acids is 1. The molecule has 0 atom stereocenters. The van der Waals surface area contributed by atoms with Crippen LogP contribution in [0, 0.1) is 12.8 Å². The van der Waals surface area contributed by atoms with E-state index in [1.54, 1.807) is 0 Å². The lowest BCUT2D eigenvalue weighted by Crippen LogP contribution is -2.37. The molecule has 1 N–H and O–H groups in total. The number of aromatic nitrogens is 2. The molecule has 0 unspecified atom stereocenters. The normalized spacial score (nSPS) is 15.1. The third-order valence-corrected chi connectivity index (χ3v) is 5.60. The molecule has 0 saturated carbocycles. The molecule has 1 aromatic heterocycles. The zero-order valence-corrected chi connectivity index (χ0v) is 18.9. The number of piperidine rings is 1. The maximum absolute atomic E-state index is 12.8. The number of para-hydroxylation sites is 2. The predicted molar refractivity (Wildman–Crippen MR) is 123 cm³/mol. The summed E-state index contributed by atoms with van der Waals surface area (Å²) in [6, 6.07) is 15.6. The molecule has 0 aliphatic carbocycles. The first-order chi connectivity index (χ1) is 15.5. The smallest absolute Gasteiger partial charge is 0.241 e. The summed E-state index contributed by atoms with van der Waals surface area (Å²) in [6.07, 6.45) is 1.63. The molecule has 0 bridgehead atoms. The number of rotatable bonds is 7. The van der Waals surface area contributed by atoms with Gasteiger partial charge in [-0.3, -0.25) is 9.69 Å². The van der Waals surface area contributed by atoms with Crippen LogP contribution in [-0.4, -0.2) is 40.1 Å². The van der Waals surface area contributed by atoms with Crippen molar-refractivity contribution in [3.63, 3.8) is 0 Å². The topological polar surface area (TPSA) is 80.5 Å². The SMILES string of the molecule is Cc1ccc(-c2noc(CN3CCC(C(=O)Nc4ccccc4OC(C)C)CC3)n2)cc1. The van der Waals surface area contributed by atoms with E-state index in [1.165, 1.54) is 5.56 Å². The Morgan fingerprint density at radius 1 is 1.16 bits per heavy atom. The van der Waals surface area contributed by atoms with E-state index in [2.05, 4.69) is 20.4 Å². The first-order valence-electron chi connectivity index (χ1n) is 11.2. The molecule has 4 rings (SSSR count). The van der Waals surface area contributed by atoms with Crippen molar-refractivity contribution in [3.8, 4) is 17.1 Å². The van der Waals surface area contributed by atoms with Gasteiger partial charge in [-0.15, -0.1) is 0 Å². The lowest BCUT2D eigenvalue weighted by atomic mass is 9.96. The Morgan fingerprint density at radius 3 is 2.59 bits per heavy atom. The molecule has 1 amide bonds. The standard InChI is InChI=1S/C25H30N4O3/c1-17(2)31-22-7-5-4-6-21(22)26-25(30)20-12-14-29(15-13-20)16-23-27-24(28-32-23)19-10-8-18(3)9-11-19/h4-11,17,20H,12-16H2,1-3H3,(H,26,30). The fraction of sp³-hybridized carbons (Fsp3) is 0.400. The highest BCUT2D eigenvalue weighted by Crippen LogP contribution is 2.27. The van der Waals surface area contributed by atoms with Crippen LogP contribution < -0.4 is 10.1 Å². The number of hydrogen-bond acceptors (Lipinski definition) is 6. The van der Waals surface area contributed by atoms with Crippen molar-refractivity contribution in [1.29, 1.82) is 0 Å². The van der Waals surface area contributed by atoms with Crippen molar-refractivity contribution in [3.05, 3.63) is 60.0 Å². The van der Waals surface area contributed by atoms with E-state index < -0.39 is 0 Å². The van der Waals surface area contributed by atoms with Crippen molar-refractivity contribution >= 4 is 11.6 Å². The summed E-state index contributed by atoms with van der Waals surface area (Å²) in [5, 5.41) is 7.16. The number of aryl methyl sites for hydroxylation is 1. The molecular formula is C25H30N4O3. The van der Waals surface area contributed by atoms with Gasteiger partial charge in [-0.25, -0.2) is 0 Å². The highest BCUT2D eigenvalue weighted by atomic mass is 16.5.